The molecule has 1 nitrogen and oxygen atoms in total. The number of benzene rings is 1. The van der Waals surface area contributed by atoms with E-state index < -0.39 is 0 Å². The highest BCUT2D eigenvalue weighted by molar-refractivity contribution is 6.31. The Hall–Kier alpha value is -0.600. The van der Waals surface area contributed by atoms with Crippen molar-refractivity contribution >= 4 is 11.6 Å². The Morgan fingerprint density at radius 2 is 2.00 bits per heavy atom. The predicted molar refractivity (Wildman–Crippen MR) is 67.2 cm³/mol. The second-order valence-corrected chi connectivity index (χ2v) is 4.46. The first-order chi connectivity index (χ1) is 7.67. The summed E-state index contributed by atoms with van der Waals surface area (Å²) >= 11 is 5.97. The van der Waals surface area contributed by atoms with Gasteiger partial charge in [0.2, 0.25) is 0 Å². The van der Waals surface area contributed by atoms with Crippen molar-refractivity contribution in [2.45, 2.75) is 33.2 Å². The van der Waals surface area contributed by atoms with Gasteiger partial charge >= 0.3 is 0 Å². The maximum absolute atomic E-state index is 13.0. The summed E-state index contributed by atoms with van der Waals surface area (Å²) in [6.07, 6.45) is 2.33. The third-order valence-electron chi connectivity index (χ3n) is 2.91. The van der Waals surface area contributed by atoms with E-state index in [0.29, 0.717) is 17.5 Å². The summed E-state index contributed by atoms with van der Waals surface area (Å²) < 4.78 is 13.0. The molecular formula is C13H19ClFN. The van der Waals surface area contributed by atoms with Crippen LogP contribution in [0.2, 0.25) is 5.02 Å². The van der Waals surface area contributed by atoms with E-state index in [1.54, 1.807) is 6.07 Å². The van der Waals surface area contributed by atoms with Crippen LogP contribution in [0, 0.1) is 11.7 Å². The molecule has 0 saturated carbocycles. The average Bonchev–Trinajstić information content (AvgIpc) is 2.29. The molecule has 0 aliphatic carbocycles. The van der Waals surface area contributed by atoms with Gasteiger partial charge in [-0.05, 0) is 36.2 Å². The first-order valence-electron chi connectivity index (χ1n) is 5.82. The van der Waals surface area contributed by atoms with Crippen LogP contribution in [0.1, 0.15) is 32.3 Å². The second-order valence-electron chi connectivity index (χ2n) is 4.05. The molecule has 0 atom stereocenters. The molecule has 0 spiro atoms. The zero-order chi connectivity index (χ0) is 12.0. The Kier molecular flexibility index (Phi) is 5.78. The summed E-state index contributed by atoms with van der Waals surface area (Å²) in [5, 5.41) is 3.94. The first-order valence-corrected chi connectivity index (χ1v) is 6.19. The van der Waals surface area contributed by atoms with Gasteiger partial charge in [-0.15, -0.1) is 0 Å². The maximum Gasteiger partial charge on any atom is 0.123 e. The van der Waals surface area contributed by atoms with Crippen molar-refractivity contribution in [3.05, 3.63) is 34.6 Å². The van der Waals surface area contributed by atoms with Crippen LogP contribution in [-0.2, 0) is 6.54 Å². The lowest BCUT2D eigenvalue weighted by molar-refractivity contribution is 0.449. The van der Waals surface area contributed by atoms with Crippen molar-refractivity contribution in [1.29, 1.82) is 0 Å². The van der Waals surface area contributed by atoms with Crippen molar-refractivity contribution in [2.75, 3.05) is 6.54 Å². The molecule has 0 aliphatic heterocycles. The molecule has 1 aromatic carbocycles. The smallest absolute Gasteiger partial charge is 0.123 e. The van der Waals surface area contributed by atoms with Crippen LogP contribution in [0.25, 0.3) is 0 Å². The quantitative estimate of drug-likeness (QED) is 0.796. The Morgan fingerprint density at radius 1 is 1.31 bits per heavy atom. The lowest BCUT2D eigenvalue weighted by atomic mass is 10.0. The second kappa shape index (κ2) is 6.87. The van der Waals surface area contributed by atoms with Gasteiger partial charge in [0.15, 0.2) is 0 Å². The zero-order valence-electron chi connectivity index (χ0n) is 9.89. The molecule has 0 radical (unpaired) electrons. The summed E-state index contributed by atoms with van der Waals surface area (Å²) in [6.45, 7) is 5.96. The van der Waals surface area contributed by atoms with E-state index in [1.165, 1.54) is 25.0 Å². The van der Waals surface area contributed by atoms with E-state index in [2.05, 4.69) is 19.2 Å². The lowest BCUT2D eigenvalue weighted by Crippen LogP contribution is -2.21. The van der Waals surface area contributed by atoms with Crippen LogP contribution < -0.4 is 5.32 Å². The minimum absolute atomic E-state index is 0.233. The van der Waals surface area contributed by atoms with Gasteiger partial charge in [-0.25, -0.2) is 4.39 Å². The van der Waals surface area contributed by atoms with Gasteiger partial charge in [-0.2, -0.15) is 0 Å². The molecule has 1 N–H and O–H groups in total. The van der Waals surface area contributed by atoms with Gasteiger partial charge in [-0.1, -0.05) is 38.3 Å². The maximum atomic E-state index is 13.0. The zero-order valence-corrected chi connectivity index (χ0v) is 10.6. The Morgan fingerprint density at radius 3 is 2.62 bits per heavy atom. The molecule has 0 heterocycles. The van der Waals surface area contributed by atoms with Crippen LogP contribution in [0.5, 0.6) is 0 Å². The molecule has 0 aliphatic rings. The van der Waals surface area contributed by atoms with Crippen molar-refractivity contribution in [1.82, 2.24) is 5.32 Å². The fourth-order valence-electron chi connectivity index (χ4n) is 1.67. The van der Waals surface area contributed by atoms with E-state index >= 15 is 0 Å². The van der Waals surface area contributed by atoms with Crippen LogP contribution in [-0.4, -0.2) is 6.54 Å². The van der Waals surface area contributed by atoms with Gasteiger partial charge in [0.25, 0.3) is 0 Å². The molecule has 0 unspecified atom stereocenters. The standard InChI is InChI=1S/C13H19ClFN/c1-3-10(4-2)8-16-9-11-7-12(15)5-6-13(11)14/h5-7,10,16H,3-4,8-9H2,1-2H3. The fourth-order valence-corrected chi connectivity index (χ4v) is 1.85. The molecule has 0 fully saturated rings. The number of halogens is 2. The van der Waals surface area contributed by atoms with Crippen molar-refractivity contribution in [2.24, 2.45) is 5.92 Å². The lowest BCUT2D eigenvalue weighted by Gasteiger charge is -2.13. The van der Waals surface area contributed by atoms with Crippen LogP contribution in [0.15, 0.2) is 18.2 Å². The molecular weight excluding hydrogens is 225 g/mol. The molecule has 1 rings (SSSR count). The molecule has 90 valence electrons. The van der Waals surface area contributed by atoms with Crippen LogP contribution in [0.3, 0.4) is 0 Å². The number of hydrogen-bond donors (Lipinski definition) is 1. The Bertz CT molecular complexity index is 324. The fraction of sp³-hybridized carbons (Fsp3) is 0.538. The Labute approximate surface area is 102 Å². The number of rotatable bonds is 6. The summed E-state index contributed by atoms with van der Waals surface area (Å²) in [5.41, 5.74) is 0.827. The van der Waals surface area contributed by atoms with Crippen molar-refractivity contribution in [3.63, 3.8) is 0 Å². The topological polar surface area (TPSA) is 12.0 Å². The molecule has 0 saturated heterocycles. The van der Waals surface area contributed by atoms with Crippen LogP contribution in [0.4, 0.5) is 4.39 Å². The van der Waals surface area contributed by atoms with Gasteiger partial charge < -0.3 is 5.32 Å². The summed E-state index contributed by atoms with van der Waals surface area (Å²) in [5.74, 6) is 0.455. The number of hydrogen-bond acceptors (Lipinski definition) is 1. The van der Waals surface area contributed by atoms with E-state index in [4.69, 9.17) is 11.6 Å². The molecule has 0 amide bonds. The number of nitrogens with one attached hydrogen (secondary N) is 1. The highest BCUT2D eigenvalue weighted by Gasteiger charge is 2.05. The molecule has 16 heavy (non-hydrogen) atoms. The van der Waals surface area contributed by atoms with E-state index in [1.807, 2.05) is 0 Å². The summed E-state index contributed by atoms with van der Waals surface area (Å²) in [6, 6.07) is 4.47. The molecule has 0 bridgehead atoms. The van der Waals surface area contributed by atoms with E-state index in [-0.39, 0.29) is 5.82 Å². The summed E-state index contributed by atoms with van der Waals surface area (Å²) in [7, 11) is 0. The highest BCUT2D eigenvalue weighted by Crippen LogP contribution is 2.17. The largest absolute Gasteiger partial charge is 0.312 e. The summed E-state index contributed by atoms with van der Waals surface area (Å²) in [4.78, 5) is 0. The monoisotopic (exact) mass is 243 g/mol. The van der Waals surface area contributed by atoms with Crippen molar-refractivity contribution < 1.29 is 4.39 Å². The molecule has 0 aromatic heterocycles. The SMILES string of the molecule is CCC(CC)CNCc1cc(F)ccc1Cl. The van der Waals surface area contributed by atoms with Gasteiger partial charge in [0.05, 0.1) is 0 Å². The Balaban J connectivity index is 2.45. The highest BCUT2D eigenvalue weighted by atomic mass is 35.5. The minimum Gasteiger partial charge on any atom is -0.312 e. The van der Waals surface area contributed by atoms with E-state index in [9.17, 15) is 4.39 Å². The predicted octanol–water partition coefficient (Wildman–Crippen LogP) is 4.00. The van der Waals surface area contributed by atoms with Gasteiger partial charge in [-0.3, -0.25) is 0 Å². The van der Waals surface area contributed by atoms with Gasteiger partial charge in [0.1, 0.15) is 5.82 Å². The van der Waals surface area contributed by atoms with Crippen LogP contribution >= 0.6 is 11.6 Å². The average molecular weight is 244 g/mol. The normalized spacial score (nSPS) is 11.1. The third-order valence-corrected chi connectivity index (χ3v) is 3.28. The third kappa shape index (κ3) is 4.11. The van der Waals surface area contributed by atoms with Gasteiger partial charge in [0, 0.05) is 11.6 Å². The first kappa shape index (κ1) is 13.5. The molecule has 3 heteroatoms. The van der Waals surface area contributed by atoms with E-state index in [0.717, 1.165) is 12.1 Å². The van der Waals surface area contributed by atoms with Crippen molar-refractivity contribution in [3.8, 4) is 0 Å². The minimum atomic E-state index is -0.233. The molecule has 1 aromatic rings.